The second-order valence-corrected chi connectivity index (χ2v) is 5.24. The molecule has 0 aliphatic rings. The molecule has 4 heteroatoms. The Labute approximate surface area is 133 Å². The lowest BCUT2D eigenvalue weighted by molar-refractivity contribution is 0.103. The van der Waals surface area contributed by atoms with Crippen molar-refractivity contribution in [1.29, 1.82) is 0 Å². The van der Waals surface area contributed by atoms with Crippen molar-refractivity contribution in [2.45, 2.75) is 0 Å². The highest BCUT2D eigenvalue weighted by atomic mass is 16.3. The number of aromatic hydroxyl groups is 1. The van der Waals surface area contributed by atoms with Crippen LogP contribution in [0.25, 0.3) is 11.3 Å². The highest BCUT2D eigenvalue weighted by molar-refractivity contribution is 6.09. The normalized spacial score (nSPS) is 10.5. The van der Waals surface area contributed by atoms with Gasteiger partial charge in [-0.3, -0.25) is 9.59 Å². The minimum Gasteiger partial charge on any atom is -0.503 e. The maximum Gasteiger partial charge on any atom is 0.292 e. The smallest absolute Gasteiger partial charge is 0.292 e. The molecule has 0 saturated heterocycles. The highest BCUT2D eigenvalue weighted by Crippen LogP contribution is 2.20. The molecule has 0 fully saturated rings. The summed E-state index contributed by atoms with van der Waals surface area (Å²) < 4.78 is 1.38. The van der Waals surface area contributed by atoms with Gasteiger partial charge in [0.1, 0.15) is 0 Å². The average molecular weight is 305 g/mol. The molecule has 0 bridgehead atoms. The van der Waals surface area contributed by atoms with Crippen LogP contribution in [0.1, 0.15) is 15.9 Å². The number of carbonyl (C=O) groups is 1. The SMILES string of the molecule is Cn1c(-c2ccc(C(=O)c3ccccc3)cc2)ccc(O)c1=O. The largest absolute Gasteiger partial charge is 0.503 e. The molecular formula is C19H15NO3. The van der Waals surface area contributed by atoms with E-state index in [1.165, 1.54) is 10.6 Å². The zero-order valence-electron chi connectivity index (χ0n) is 12.6. The third-order valence-corrected chi connectivity index (χ3v) is 3.76. The van der Waals surface area contributed by atoms with Crippen molar-refractivity contribution in [2.75, 3.05) is 0 Å². The first-order valence-corrected chi connectivity index (χ1v) is 7.17. The van der Waals surface area contributed by atoms with Crippen molar-refractivity contribution in [3.05, 3.63) is 88.2 Å². The van der Waals surface area contributed by atoms with Crippen LogP contribution in [0, 0.1) is 0 Å². The van der Waals surface area contributed by atoms with Crippen LogP contribution in [0.15, 0.2) is 71.5 Å². The van der Waals surface area contributed by atoms with Crippen molar-refractivity contribution in [3.8, 4) is 17.0 Å². The van der Waals surface area contributed by atoms with Crippen LogP contribution >= 0.6 is 0 Å². The molecule has 0 saturated carbocycles. The zero-order chi connectivity index (χ0) is 16.4. The predicted molar refractivity (Wildman–Crippen MR) is 88.7 cm³/mol. The van der Waals surface area contributed by atoms with Gasteiger partial charge in [0.2, 0.25) is 0 Å². The zero-order valence-corrected chi connectivity index (χ0v) is 12.6. The molecule has 0 unspecified atom stereocenters. The number of pyridine rings is 1. The fourth-order valence-corrected chi connectivity index (χ4v) is 2.46. The van der Waals surface area contributed by atoms with Gasteiger partial charge in [-0.25, -0.2) is 0 Å². The molecule has 1 heterocycles. The van der Waals surface area contributed by atoms with Gasteiger partial charge in [0.05, 0.1) is 5.69 Å². The van der Waals surface area contributed by atoms with E-state index in [0.717, 1.165) is 5.56 Å². The quantitative estimate of drug-likeness (QED) is 0.757. The van der Waals surface area contributed by atoms with E-state index in [-0.39, 0.29) is 11.5 Å². The maximum atomic E-state index is 12.4. The summed E-state index contributed by atoms with van der Waals surface area (Å²) in [4.78, 5) is 24.2. The van der Waals surface area contributed by atoms with Gasteiger partial charge < -0.3 is 9.67 Å². The Morgan fingerprint density at radius 1 is 0.870 bits per heavy atom. The average Bonchev–Trinajstić information content (AvgIpc) is 2.60. The number of carbonyl (C=O) groups excluding carboxylic acids is 1. The molecule has 4 nitrogen and oxygen atoms in total. The minimum absolute atomic E-state index is 0.0447. The molecule has 3 rings (SSSR count). The van der Waals surface area contributed by atoms with Crippen LogP contribution in [0.3, 0.4) is 0 Å². The van der Waals surface area contributed by atoms with Gasteiger partial charge >= 0.3 is 0 Å². The summed E-state index contributed by atoms with van der Waals surface area (Å²) in [5, 5.41) is 9.44. The van der Waals surface area contributed by atoms with Gasteiger partial charge in [0.15, 0.2) is 11.5 Å². The monoisotopic (exact) mass is 305 g/mol. The fraction of sp³-hybridized carbons (Fsp3) is 0.0526. The summed E-state index contributed by atoms with van der Waals surface area (Å²) in [6, 6.07) is 19.2. The fourth-order valence-electron chi connectivity index (χ4n) is 2.46. The van der Waals surface area contributed by atoms with E-state index in [9.17, 15) is 14.7 Å². The first kappa shape index (κ1) is 14.8. The molecule has 0 amide bonds. The molecule has 3 aromatic rings. The lowest BCUT2D eigenvalue weighted by atomic mass is 10.0. The number of hydrogen-bond donors (Lipinski definition) is 1. The summed E-state index contributed by atoms with van der Waals surface area (Å²) in [5.74, 6) is -0.330. The Morgan fingerprint density at radius 2 is 1.48 bits per heavy atom. The predicted octanol–water partition coefficient (Wildman–Crippen LogP) is 2.99. The first-order chi connectivity index (χ1) is 11.1. The van der Waals surface area contributed by atoms with E-state index in [1.54, 1.807) is 49.5 Å². The summed E-state index contributed by atoms with van der Waals surface area (Å²) in [6.07, 6.45) is 0. The van der Waals surface area contributed by atoms with E-state index in [1.807, 2.05) is 18.2 Å². The Bertz CT molecular complexity index is 910. The minimum atomic E-state index is -0.452. The molecule has 0 spiro atoms. The number of rotatable bonds is 3. The van der Waals surface area contributed by atoms with Crippen LogP contribution in [-0.2, 0) is 7.05 Å². The number of ketones is 1. The number of hydrogen-bond acceptors (Lipinski definition) is 3. The van der Waals surface area contributed by atoms with Crippen LogP contribution in [-0.4, -0.2) is 15.5 Å². The highest BCUT2D eigenvalue weighted by Gasteiger charge is 2.10. The molecule has 1 N–H and O–H groups in total. The Kier molecular flexibility index (Phi) is 3.81. The second-order valence-electron chi connectivity index (χ2n) is 5.24. The third kappa shape index (κ3) is 2.79. The van der Waals surface area contributed by atoms with Crippen molar-refractivity contribution in [1.82, 2.24) is 4.57 Å². The molecule has 0 aliphatic carbocycles. The Balaban J connectivity index is 1.96. The van der Waals surface area contributed by atoms with E-state index in [4.69, 9.17) is 0 Å². The van der Waals surface area contributed by atoms with E-state index in [0.29, 0.717) is 16.8 Å². The molecular weight excluding hydrogens is 290 g/mol. The maximum absolute atomic E-state index is 12.4. The number of benzene rings is 2. The van der Waals surface area contributed by atoms with Gasteiger partial charge in [-0.2, -0.15) is 0 Å². The van der Waals surface area contributed by atoms with Gasteiger partial charge in [0, 0.05) is 18.2 Å². The van der Waals surface area contributed by atoms with Crippen molar-refractivity contribution < 1.29 is 9.90 Å². The molecule has 0 atom stereocenters. The summed E-state index contributed by atoms with van der Waals surface area (Å²) in [5.41, 5.74) is 2.24. The molecule has 23 heavy (non-hydrogen) atoms. The number of nitrogens with zero attached hydrogens (tertiary/aromatic N) is 1. The van der Waals surface area contributed by atoms with Crippen LogP contribution in [0.2, 0.25) is 0 Å². The Hall–Kier alpha value is -3.14. The summed E-state index contributed by atoms with van der Waals surface area (Å²) >= 11 is 0. The van der Waals surface area contributed by atoms with Crippen LogP contribution in [0.5, 0.6) is 5.75 Å². The van der Waals surface area contributed by atoms with E-state index in [2.05, 4.69) is 0 Å². The van der Waals surface area contributed by atoms with Crippen molar-refractivity contribution in [2.24, 2.45) is 7.05 Å². The summed E-state index contributed by atoms with van der Waals surface area (Å²) in [6.45, 7) is 0. The van der Waals surface area contributed by atoms with Crippen molar-refractivity contribution in [3.63, 3.8) is 0 Å². The lowest BCUT2D eigenvalue weighted by Gasteiger charge is -2.09. The van der Waals surface area contributed by atoms with Gasteiger partial charge in [-0.15, -0.1) is 0 Å². The second kappa shape index (κ2) is 5.93. The van der Waals surface area contributed by atoms with Gasteiger partial charge in [0.25, 0.3) is 5.56 Å². The topological polar surface area (TPSA) is 59.3 Å². The lowest BCUT2D eigenvalue weighted by Crippen LogP contribution is -2.17. The van der Waals surface area contributed by atoms with Gasteiger partial charge in [-0.1, -0.05) is 54.6 Å². The summed E-state index contributed by atoms with van der Waals surface area (Å²) in [7, 11) is 1.60. The first-order valence-electron chi connectivity index (χ1n) is 7.17. The van der Waals surface area contributed by atoms with Crippen LogP contribution < -0.4 is 5.56 Å². The molecule has 0 radical (unpaired) electrons. The van der Waals surface area contributed by atoms with Gasteiger partial charge in [-0.05, 0) is 17.7 Å². The third-order valence-electron chi connectivity index (χ3n) is 3.76. The molecule has 1 aromatic heterocycles. The van der Waals surface area contributed by atoms with Crippen LogP contribution in [0.4, 0.5) is 0 Å². The Morgan fingerprint density at radius 3 is 2.13 bits per heavy atom. The molecule has 0 aliphatic heterocycles. The molecule has 114 valence electrons. The standard InChI is InChI=1S/C19H15NO3/c1-20-16(11-12-17(21)19(20)23)13-7-9-15(10-8-13)18(22)14-5-3-2-4-6-14/h2-12,21H,1H3. The van der Waals surface area contributed by atoms with Crippen molar-refractivity contribution >= 4 is 5.78 Å². The van der Waals surface area contributed by atoms with E-state index >= 15 is 0 Å². The molecule has 2 aromatic carbocycles. The number of aromatic nitrogens is 1. The van der Waals surface area contributed by atoms with E-state index < -0.39 is 5.56 Å².